The summed E-state index contributed by atoms with van der Waals surface area (Å²) in [6.45, 7) is 0. The number of hydrogen-bond donors (Lipinski definition) is 1. The second kappa shape index (κ2) is 8.52. The molecule has 0 spiro atoms. The van der Waals surface area contributed by atoms with E-state index >= 15 is 0 Å². The summed E-state index contributed by atoms with van der Waals surface area (Å²) in [5, 5.41) is 8.59. The number of sulfonamides is 1. The summed E-state index contributed by atoms with van der Waals surface area (Å²) in [5.41, 5.74) is 1.03. The molecule has 0 unspecified atom stereocenters. The zero-order valence-corrected chi connectivity index (χ0v) is 17.1. The predicted molar refractivity (Wildman–Crippen MR) is 113 cm³/mol. The number of rotatable bonds is 7. The maximum atomic E-state index is 12.4. The summed E-state index contributed by atoms with van der Waals surface area (Å²) in [7, 11) is -3.58. The van der Waals surface area contributed by atoms with E-state index in [4.69, 9.17) is 16.3 Å². The molecule has 0 saturated heterocycles. The van der Waals surface area contributed by atoms with Gasteiger partial charge in [-0.15, -0.1) is 10.2 Å². The van der Waals surface area contributed by atoms with Gasteiger partial charge in [0, 0.05) is 29.2 Å². The number of halogens is 1. The third-order valence-electron chi connectivity index (χ3n) is 3.99. The van der Waals surface area contributed by atoms with E-state index in [9.17, 15) is 8.42 Å². The molecular weight excluding hydrogens is 426 g/mol. The van der Waals surface area contributed by atoms with Gasteiger partial charge in [-0.2, -0.15) is 0 Å². The van der Waals surface area contributed by atoms with Crippen molar-refractivity contribution in [2.75, 3.05) is 4.72 Å². The Balaban J connectivity index is 1.39. The molecule has 2 aromatic carbocycles. The van der Waals surface area contributed by atoms with Crippen molar-refractivity contribution in [3.05, 3.63) is 90.0 Å². The molecular formula is C20H16ClN5O3S. The van der Waals surface area contributed by atoms with Crippen LogP contribution in [0.2, 0.25) is 5.02 Å². The fraction of sp³-hybridized carbons (Fsp3) is 0.0500. The Morgan fingerprint density at radius 2 is 1.87 bits per heavy atom. The lowest BCUT2D eigenvalue weighted by molar-refractivity contribution is 0.454. The van der Waals surface area contributed by atoms with Gasteiger partial charge in [0.15, 0.2) is 5.82 Å². The maximum Gasteiger partial charge on any atom is 0.238 e. The third kappa shape index (κ3) is 5.13. The summed E-state index contributed by atoms with van der Waals surface area (Å²) in [6.07, 6.45) is 5.03. The molecule has 0 amide bonds. The van der Waals surface area contributed by atoms with Crippen LogP contribution < -0.4 is 9.46 Å². The minimum Gasteiger partial charge on any atom is -0.438 e. The molecule has 10 heteroatoms. The molecule has 0 bridgehead atoms. The minimum absolute atomic E-state index is 0.176. The van der Waals surface area contributed by atoms with Gasteiger partial charge in [0.05, 0.1) is 5.75 Å². The maximum absolute atomic E-state index is 12.4. The molecule has 0 saturated carbocycles. The van der Waals surface area contributed by atoms with Gasteiger partial charge in [-0.1, -0.05) is 23.7 Å². The van der Waals surface area contributed by atoms with E-state index in [0.717, 1.165) is 0 Å². The molecule has 1 N–H and O–H groups in total. The van der Waals surface area contributed by atoms with Gasteiger partial charge in [0.25, 0.3) is 0 Å². The highest BCUT2D eigenvalue weighted by Crippen LogP contribution is 2.23. The molecule has 30 heavy (non-hydrogen) atoms. The first kappa shape index (κ1) is 19.9. The summed E-state index contributed by atoms with van der Waals surface area (Å²) in [5.74, 6) is 1.25. The normalized spacial score (nSPS) is 11.2. The van der Waals surface area contributed by atoms with Gasteiger partial charge >= 0.3 is 0 Å². The van der Waals surface area contributed by atoms with Crippen LogP contribution >= 0.6 is 11.6 Å². The van der Waals surface area contributed by atoms with Crippen molar-refractivity contribution in [2.24, 2.45) is 0 Å². The first-order chi connectivity index (χ1) is 14.5. The van der Waals surface area contributed by atoms with Crippen molar-refractivity contribution in [3.63, 3.8) is 0 Å². The van der Waals surface area contributed by atoms with Gasteiger partial charge in [0.2, 0.25) is 15.9 Å². The predicted octanol–water partition coefficient (Wildman–Crippen LogP) is 4.05. The van der Waals surface area contributed by atoms with Crippen LogP contribution in [0.5, 0.6) is 11.6 Å². The quantitative estimate of drug-likeness (QED) is 0.464. The number of hydrogen-bond acceptors (Lipinski definition) is 6. The zero-order chi connectivity index (χ0) is 21.0. The number of nitrogens with zero attached hydrogens (tertiary/aromatic N) is 4. The van der Waals surface area contributed by atoms with Gasteiger partial charge in [0.1, 0.15) is 12.1 Å². The molecule has 0 radical (unpaired) electrons. The molecule has 4 aromatic rings. The van der Waals surface area contributed by atoms with Crippen molar-refractivity contribution >= 4 is 27.3 Å². The summed E-state index contributed by atoms with van der Waals surface area (Å²) in [4.78, 5) is 3.96. The number of benzene rings is 2. The number of imidazole rings is 1. The van der Waals surface area contributed by atoms with Crippen LogP contribution in [0.15, 0.2) is 79.4 Å². The summed E-state index contributed by atoms with van der Waals surface area (Å²) in [6, 6.07) is 16.7. The first-order valence-corrected chi connectivity index (χ1v) is 10.8. The molecule has 0 aliphatic carbocycles. The van der Waals surface area contributed by atoms with E-state index < -0.39 is 10.0 Å². The van der Waals surface area contributed by atoms with Crippen molar-refractivity contribution in [1.29, 1.82) is 0 Å². The third-order valence-corrected chi connectivity index (χ3v) is 5.49. The lowest BCUT2D eigenvalue weighted by Gasteiger charge is -2.10. The average molecular weight is 442 g/mol. The Morgan fingerprint density at radius 1 is 1.03 bits per heavy atom. The highest BCUT2D eigenvalue weighted by Gasteiger charge is 2.12. The molecule has 0 fully saturated rings. The molecule has 0 aliphatic heterocycles. The fourth-order valence-electron chi connectivity index (χ4n) is 2.67. The lowest BCUT2D eigenvalue weighted by atomic mass is 10.2. The monoisotopic (exact) mass is 441 g/mol. The van der Waals surface area contributed by atoms with E-state index in [1.165, 1.54) is 0 Å². The van der Waals surface area contributed by atoms with Crippen LogP contribution in [0.4, 0.5) is 5.69 Å². The first-order valence-electron chi connectivity index (χ1n) is 8.82. The highest BCUT2D eigenvalue weighted by molar-refractivity contribution is 7.91. The van der Waals surface area contributed by atoms with Crippen molar-refractivity contribution < 1.29 is 13.2 Å². The van der Waals surface area contributed by atoms with Crippen molar-refractivity contribution in [1.82, 2.24) is 19.7 Å². The Hall–Kier alpha value is -3.43. The van der Waals surface area contributed by atoms with Gasteiger partial charge < -0.3 is 4.74 Å². The summed E-state index contributed by atoms with van der Waals surface area (Å²) < 4.78 is 34.7. The number of anilines is 1. The molecule has 4 rings (SSSR count). The smallest absolute Gasteiger partial charge is 0.238 e. The highest BCUT2D eigenvalue weighted by atomic mass is 35.5. The SMILES string of the molecule is O=S(=O)(Cc1cccc(Cl)c1)Nc1ccc(Oc2ccc(-n3ccnc3)nn2)cc1. The van der Waals surface area contributed by atoms with E-state index in [-0.39, 0.29) is 5.75 Å². The number of nitrogens with one attached hydrogen (secondary N) is 1. The Morgan fingerprint density at radius 3 is 2.53 bits per heavy atom. The molecule has 152 valence electrons. The number of aromatic nitrogens is 4. The molecule has 0 aliphatic rings. The average Bonchev–Trinajstić information content (AvgIpc) is 3.24. The van der Waals surface area contributed by atoms with Crippen LogP contribution in [0.25, 0.3) is 5.82 Å². The van der Waals surface area contributed by atoms with E-state index in [2.05, 4.69) is 19.9 Å². The number of ether oxygens (including phenoxy) is 1. The molecule has 2 aromatic heterocycles. The largest absolute Gasteiger partial charge is 0.438 e. The second-order valence-corrected chi connectivity index (χ2v) is 8.48. The van der Waals surface area contributed by atoms with Crippen LogP contribution in [-0.4, -0.2) is 28.2 Å². The molecule has 2 heterocycles. The fourth-order valence-corrected chi connectivity index (χ4v) is 4.07. The van der Waals surface area contributed by atoms with Crippen LogP contribution in [0, 0.1) is 0 Å². The van der Waals surface area contributed by atoms with E-state index in [1.54, 1.807) is 84.0 Å². The van der Waals surface area contributed by atoms with Gasteiger partial charge in [-0.05, 0) is 48.0 Å². The van der Waals surface area contributed by atoms with Crippen molar-refractivity contribution in [3.8, 4) is 17.4 Å². The standard InChI is InChI=1S/C20H16ClN5O3S/c21-16-3-1-2-15(12-16)13-30(27,28)25-17-4-6-18(7-5-17)29-20-9-8-19(23-24-20)26-11-10-22-14-26/h1-12,14,25H,13H2. The summed E-state index contributed by atoms with van der Waals surface area (Å²) >= 11 is 5.91. The molecule has 8 nitrogen and oxygen atoms in total. The van der Waals surface area contributed by atoms with Crippen LogP contribution in [0.1, 0.15) is 5.56 Å². The topological polar surface area (TPSA) is 99.0 Å². The Kier molecular flexibility index (Phi) is 5.64. The van der Waals surface area contributed by atoms with Gasteiger partial charge in [-0.3, -0.25) is 9.29 Å². The van der Waals surface area contributed by atoms with Gasteiger partial charge in [-0.25, -0.2) is 13.4 Å². The second-order valence-electron chi connectivity index (χ2n) is 6.32. The lowest BCUT2D eigenvalue weighted by Crippen LogP contribution is -2.15. The Bertz CT molecular complexity index is 1230. The van der Waals surface area contributed by atoms with E-state index in [0.29, 0.717) is 33.7 Å². The van der Waals surface area contributed by atoms with Crippen LogP contribution in [0.3, 0.4) is 0 Å². The van der Waals surface area contributed by atoms with E-state index in [1.807, 2.05) is 0 Å². The van der Waals surface area contributed by atoms with Crippen molar-refractivity contribution in [2.45, 2.75) is 5.75 Å². The van der Waals surface area contributed by atoms with Crippen LogP contribution in [-0.2, 0) is 15.8 Å². The Labute approximate surface area is 178 Å². The minimum atomic E-state index is -3.58. The molecule has 0 atom stereocenters. The zero-order valence-electron chi connectivity index (χ0n) is 15.5.